The normalized spacial score (nSPS) is 10.2. The molecule has 1 rings (SSSR count). The average Bonchev–Trinajstić information content (AvgIpc) is 2.01. The van der Waals surface area contributed by atoms with E-state index in [1.807, 2.05) is 0 Å². The van der Waals surface area contributed by atoms with Gasteiger partial charge >= 0.3 is 0 Å². The van der Waals surface area contributed by atoms with Crippen molar-refractivity contribution in [1.82, 2.24) is 4.98 Å². The van der Waals surface area contributed by atoms with Crippen molar-refractivity contribution in [2.24, 2.45) is 0 Å². The van der Waals surface area contributed by atoms with E-state index in [1.165, 1.54) is 0 Å². The second kappa shape index (κ2) is 3.94. The molecule has 5 heteroatoms. The Morgan fingerprint density at radius 3 is 2.45 bits per heavy atom. The van der Waals surface area contributed by atoms with E-state index in [2.05, 4.69) is 20.9 Å². The lowest BCUT2D eigenvalue weighted by molar-refractivity contribution is 1.26. The Hall–Kier alpha value is 0.500. The summed E-state index contributed by atoms with van der Waals surface area (Å²) in [5, 5.41) is 1.63. The fourth-order valence-electron chi connectivity index (χ4n) is 0.573. The lowest BCUT2D eigenvalue weighted by Crippen LogP contribution is -1.85. The van der Waals surface area contributed by atoms with Crippen molar-refractivity contribution in [3.8, 4) is 0 Å². The first-order valence-electron chi connectivity index (χ1n) is 2.71. The molecule has 0 saturated carbocycles. The molecule has 1 aromatic rings. The van der Waals surface area contributed by atoms with Crippen LogP contribution in [0.15, 0.2) is 6.20 Å². The van der Waals surface area contributed by atoms with E-state index >= 15 is 0 Å². The minimum absolute atomic E-state index is 0.237. The van der Waals surface area contributed by atoms with Gasteiger partial charge in [-0.3, -0.25) is 0 Å². The molecular formula is C6H3BrCl3N. The molecule has 0 spiro atoms. The third kappa shape index (κ3) is 2.00. The van der Waals surface area contributed by atoms with Gasteiger partial charge in [0, 0.05) is 17.1 Å². The molecule has 0 fully saturated rings. The van der Waals surface area contributed by atoms with Crippen LogP contribution >= 0.6 is 50.7 Å². The zero-order valence-corrected chi connectivity index (χ0v) is 9.10. The average molecular weight is 275 g/mol. The van der Waals surface area contributed by atoms with E-state index in [0.717, 1.165) is 5.56 Å². The highest BCUT2D eigenvalue weighted by atomic mass is 79.9. The quantitative estimate of drug-likeness (QED) is 0.559. The van der Waals surface area contributed by atoms with E-state index < -0.39 is 0 Å². The predicted octanol–water partition coefficient (Wildman–Crippen LogP) is 3.94. The molecule has 0 aliphatic rings. The van der Waals surface area contributed by atoms with Gasteiger partial charge in [0.25, 0.3) is 0 Å². The van der Waals surface area contributed by atoms with Crippen LogP contribution in [-0.2, 0) is 5.33 Å². The molecule has 0 saturated heterocycles. The van der Waals surface area contributed by atoms with Gasteiger partial charge in [0.15, 0.2) is 0 Å². The Morgan fingerprint density at radius 2 is 1.91 bits per heavy atom. The van der Waals surface area contributed by atoms with Crippen molar-refractivity contribution in [2.45, 2.75) is 5.33 Å². The molecule has 0 atom stereocenters. The zero-order valence-electron chi connectivity index (χ0n) is 5.24. The summed E-state index contributed by atoms with van der Waals surface area (Å²) in [5.41, 5.74) is 0.834. The van der Waals surface area contributed by atoms with Crippen LogP contribution in [-0.4, -0.2) is 4.98 Å². The lowest BCUT2D eigenvalue weighted by atomic mass is 10.3. The van der Waals surface area contributed by atoms with Gasteiger partial charge in [0.2, 0.25) is 0 Å². The van der Waals surface area contributed by atoms with Gasteiger partial charge < -0.3 is 0 Å². The molecule has 11 heavy (non-hydrogen) atoms. The first-order chi connectivity index (χ1) is 5.16. The zero-order chi connectivity index (χ0) is 8.43. The SMILES string of the molecule is Clc1ncc(CBr)c(Cl)c1Cl. The minimum atomic E-state index is 0.237. The summed E-state index contributed by atoms with van der Waals surface area (Å²) >= 11 is 20.4. The van der Waals surface area contributed by atoms with Crippen LogP contribution in [0.1, 0.15) is 5.56 Å². The van der Waals surface area contributed by atoms with Gasteiger partial charge in [0.05, 0.1) is 10.0 Å². The van der Waals surface area contributed by atoms with E-state index in [9.17, 15) is 0 Å². The Morgan fingerprint density at radius 1 is 1.27 bits per heavy atom. The van der Waals surface area contributed by atoms with Gasteiger partial charge in [0.1, 0.15) is 5.15 Å². The molecule has 0 unspecified atom stereocenters. The van der Waals surface area contributed by atoms with Gasteiger partial charge in [-0.15, -0.1) is 0 Å². The van der Waals surface area contributed by atoms with Gasteiger partial charge in [-0.2, -0.15) is 0 Å². The van der Waals surface area contributed by atoms with Crippen LogP contribution in [0.25, 0.3) is 0 Å². The molecule has 60 valence electrons. The number of nitrogens with zero attached hydrogens (tertiary/aromatic N) is 1. The maximum atomic E-state index is 5.81. The van der Waals surface area contributed by atoms with Crippen molar-refractivity contribution in [1.29, 1.82) is 0 Å². The predicted molar refractivity (Wildman–Crippen MR) is 51.9 cm³/mol. The van der Waals surface area contributed by atoms with Crippen LogP contribution in [0.2, 0.25) is 15.2 Å². The Balaban J connectivity index is 3.25. The molecule has 0 bridgehead atoms. The summed E-state index contributed by atoms with van der Waals surface area (Å²) in [5.74, 6) is 0. The number of alkyl halides is 1. The van der Waals surface area contributed by atoms with E-state index in [4.69, 9.17) is 34.8 Å². The van der Waals surface area contributed by atoms with Gasteiger partial charge in [-0.05, 0) is 0 Å². The first kappa shape index (κ1) is 9.59. The lowest BCUT2D eigenvalue weighted by Gasteiger charge is -2.01. The van der Waals surface area contributed by atoms with Gasteiger partial charge in [-0.25, -0.2) is 4.98 Å². The van der Waals surface area contributed by atoms with E-state index in [-0.39, 0.29) is 5.15 Å². The molecule has 1 heterocycles. The highest BCUT2D eigenvalue weighted by Gasteiger charge is 2.07. The highest BCUT2D eigenvalue weighted by molar-refractivity contribution is 9.08. The topological polar surface area (TPSA) is 12.9 Å². The van der Waals surface area contributed by atoms with Crippen molar-refractivity contribution < 1.29 is 0 Å². The largest absolute Gasteiger partial charge is 0.243 e. The number of hydrogen-bond donors (Lipinski definition) is 0. The molecule has 0 N–H and O–H groups in total. The van der Waals surface area contributed by atoms with Gasteiger partial charge in [-0.1, -0.05) is 50.7 Å². The number of hydrogen-bond acceptors (Lipinski definition) is 1. The summed E-state index contributed by atoms with van der Waals surface area (Å²) < 4.78 is 0. The van der Waals surface area contributed by atoms with Crippen molar-refractivity contribution >= 4 is 50.7 Å². The monoisotopic (exact) mass is 273 g/mol. The number of aromatic nitrogens is 1. The molecule has 0 aliphatic carbocycles. The van der Waals surface area contributed by atoms with Crippen LogP contribution in [0.5, 0.6) is 0 Å². The van der Waals surface area contributed by atoms with Crippen molar-refractivity contribution in [2.75, 3.05) is 0 Å². The molecular weight excluding hydrogens is 272 g/mol. The van der Waals surface area contributed by atoms with Crippen LogP contribution in [0.3, 0.4) is 0 Å². The number of rotatable bonds is 1. The van der Waals surface area contributed by atoms with Crippen molar-refractivity contribution in [3.05, 3.63) is 27.0 Å². The Bertz CT molecular complexity index is 277. The summed E-state index contributed by atoms with van der Waals surface area (Å²) in [6.45, 7) is 0. The first-order valence-corrected chi connectivity index (χ1v) is 4.96. The summed E-state index contributed by atoms with van der Waals surface area (Å²) in [6, 6.07) is 0. The van der Waals surface area contributed by atoms with E-state index in [1.54, 1.807) is 6.20 Å². The Labute approximate surface area is 87.8 Å². The highest BCUT2D eigenvalue weighted by Crippen LogP contribution is 2.31. The summed E-state index contributed by atoms with van der Waals surface area (Å²) in [6.07, 6.45) is 1.59. The smallest absolute Gasteiger partial charge is 0.149 e. The van der Waals surface area contributed by atoms with Crippen LogP contribution in [0.4, 0.5) is 0 Å². The van der Waals surface area contributed by atoms with Crippen LogP contribution in [0, 0.1) is 0 Å². The summed E-state index contributed by atoms with van der Waals surface area (Å²) in [4.78, 5) is 3.83. The van der Waals surface area contributed by atoms with Crippen LogP contribution < -0.4 is 0 Å². The van der Waals surface area contributed by atoms with E-state index in [0.29, 0.717) is 15.4 Å². The third-order valence-corrected chi connectivity index (χ3v) is 3.02. The minimum Gasteiger partial charge on any atom is -0.243 e. The van der Waals surface area contributed by atoms with Crippen molar-refractivity contribution in [3.63, 3.8) is 0 Å². The molecule has 1 aromatic heterocycles. The standard InChI is InChI=1S/C6H3BrCl3N/c7-1-3-2-11-6(10)5(9)4(3)8/h2H,1H2. The second-order valence-electron chi connectivity index (χ2n) is 1.84. The summed E-state index contributed by atoms with van der Waals surface area (Å²) in [7, 11) is 0. The fraction of sp³-hybridized carbons (Fsp3) is 0.167. The second-order valence-corrected chi connectivity index (χ2v) is 3.51. The third-order valence-electron chi connectivity index (χ3n) is 1.13. The molecule has 0 aliphatic heterocycles. The molecule has 1 nitrogen and oxygen atoms in total. The molecule has 0 aromatic carbocycles. The maximum Gasteiger partial charge on any atom is 0.149 e. The Kier molecular flexibility index (Phi) is 3.44. The number of pyridine rings is 1. The molecule has 0 radical (unpaired) electrons. The maximum absolute atomic E-state index is 5.81. The number of halogens is 4. The fourth-order valence-corrected chi connectivity index (χ4v) is 1.73. The molecule has 0 amide bonds.